The third-order valence-electron chi connectivity index (χ3n) is 5.42. The normalized spacial score (nSPS) is 11.6. The van der Waals surface area contributed by atoms with E-state index in [9.17, 15) is 18.0 Å². The van der Waals surface area contributed by atoms with Gasteiger partial charge in [0.1, 0.15) is 5.82 Å². The number of nitrogens with zero attached hydrogens (tertiary/aromatic N) is 6. The molecule has 0 spiro atoms. The van der Waals surface area contributed by atoms with E-state index in [-0.39, 0.29) is 22.5 Å². The molecule has 12 heteroatoms. The van der Waals surface area contributed by atoms with E-state index in [0.29, 0.717) is 17.1 Å². The average Bonchev–Trinajstić information content (AvgIpc) is 3.58. The lowest BCUT2D eigenvalue weighted by molar-refractivity contribution is -0.137. The van der Waals surface area contributed by atoms with Gasteiger partial charge in [0.15, 0.2) is 5.82 Å². The summed E-state index contributed by atoms with van der Waals surface area (Å²) in [5, 5.41) is 18.5. The molecule has 182 valence electrons. The van der Waals surface area contributed by atoms with Gasteiger partial charge in [0.25, 0.3) is 5.91 Å². The number of hydrogen-bond donors (Lipinski definition) is 2. The van der Waals surface area contributed by atoms with Crippen LogP contribution in [0, 0.1) is 6.92 Å². The predicted molar refractivity (Wildman–Crippen MR) is 125 cm³/mol. The molecule has 0 saturated heterocycles. The maximum Gasteiger partial charge on any atom is 0.417 e. The van der Waals surface area contributed by atoms with Crippen LogP contribution in [0.2, 0.25) is 0 Å². The van der Waals surface area contributed by atoms with E-state index in [1.807, 2.05) is 6.92 Å². The number of amides is 1. The van der Waals surface area contributed by atoms with Crippen molar-refractivity contribution < 1.29 is 18.0 Å². The fraction of sp³-hybridized carbons (Fsp3) is 0.125. The third kappa shape index (κ3) is 4.48. The molecular formula is C24H19F3N8O. The van der Waals surface area contributed by atoms with Gasteiger partial charge in [-0.3, -0.25) is 19.6 Å². The van der Waals surface area contributed by atoms with E-state index in [1.54, 1.807) is 36.3 Å². The second kappa shape index (κ2) is 8.80. The number of H-pyrrole nitrogens is 1. The number of halogens is 3. The van der Waals surface area contributed by atoms with Crippen LogP contribution < -0.4 is 5.32 Å². The molecule has 36 heavy (non-hydrogen) atoms. The van der Waals surface area contributed by atoms with Gasteiger partial charge >= 0.3 is 6.18 Å². The van der Waals surface area contributed by atoms with Crippen LogP contribution in [0.5, 0.6) is 0 Å². The summed E-state index contributed by atoms with van der Waals surface area (Å²) in [4.78, 5) is 17.1. The van der Waals surface area contributed by atoms with E-state index in [0.717, 1.165) is 17.8 Å². The lowest BCUT2D eigenvalue weighted by atomic mass is 9.97. The first-order valence-corrected chi connectivity index (χ1v) is 10.7. The molecule has 4 heterocycles. The lowest BCUT2D eigenvalue weighted by Gasteiger charge is -2.14. The van der Waals surface area contributed by atoms with Gasteiger partial charge in [-0.15, -0.1) is 0 Å². The molecule has 0 bridgehead atoms. The number of nitrogens with one attached hydrogen (secondary N) is 2. The van der Waals surface area contributed by atoms with Crippen LogP contribution in [0.15, 0.2) is 67.3 Å². The topological polar surface area (TPSA) is 106 Å². The first kappa shape index (κ1) is 23.0. The molecule has 0 fully saturated rings. The smallest absolute Gasteiger partial charge is 0.306 e. The minimum Gasteiger partial charge on any atom is -0.306 e. The first-order chi connectivity index (χ1) is 17.2. The number of pyridine rings is 1. The maximum absolute atomic E-state index is 13.7. The van der Waals surface area contributed by atoms with Crippen LogP contribution in [0.1, 0.15) is 21.6 Å². The molecule has 1 amide bonds. The highest BCUT2D eigenvalue weighted by Gasteiger charge is 2.34. The lowest BCUT2D eigenvalue weighted by Crippen LogP contribution is -2.16. The van der Waals surface area contributed by atoms with Crippen molar-refractivity contribution >= 4 is 11.7 Å². The summed E-state index contributed by atoms with van der Waals surface area (Å²) in [7, 11) is 1.77. The van der Waals surface area contributed by atoms with Crippen LogP contribution in [-0.4, -0.2) is 40.6 Å². The molecule has 0 aliphatic rings. The molecule has 1 aromatic carbocycles. The van der Waals surface area contributed by atoms with E-state index in [2.05, 4.69) is 30.7 Å². The molecular weight excluding hydrogens is 473 g/mol. The quantitative estimate of drug-likeness (QED) is 0.372. The minimum absolute atomic E-state index is 0.0377. The Labute approximate surface area is 202 Å². The number of rotatable bonds is 5. The fourth-order valence-corrected chi connectivity index (χ4v) is 3.73. The van der Waals surface area contributed by atoms with Crippen molar-refractivity contribution in [3.8, 4) is 28.2 Å². The number of aryl methyl sites for hydroxylation is 2. The zero-order chi connectivity index (χ0) is 25.4. The Morgan fingerprint density at radius 2 is 1.92 bits per heavy atom. The molecule has 2 N–H and O–H groups in total. The van der Waals surface area contributed by atoms with Gasteiger partial charge in [-0.05, 0) is 36.8 Å². The summed E-state index contributed by atoms with van der Waals surface area (Å²) in [6.45, 7) is 1.82. The van der Waals surface area contributed by atoms with Crippen LogP contribution in [-0.2, 0) is 13.2 Å². The predicted octanol–water partition coefficient (Wildman–Crippen LogP) is 4.64. The van der Waals surface area contributed by atoms with Gasteiger partial charge in [0, 0.05) is 60.2 Å². The molecule has 0 saturated carbocycles. The summed E-state index contributed by atoms with van der Waals surface area (Å²) in [5.41, 5.74) is 1.31. The molecule has 0 unspecified atom stereocenters. The number of benzene rings is 1. The SMILES string of the molecule is Cc1cc(-n2nc(-c3cnn(C)c3)cc2NC(=O)c2ccc(C(F)(F)F)c(-c3cccnc3)c2)n[nH]1. The first-order valence-electron chi connectivity index (χ1n) is 10.7. The fourth-order valence-electron chi connectivity index (χ4n) is 3.73. The maximum atomic E-state index is 13.7. The van der Waals surface area contributed by atoms with Gasteiger partial charge in [-0.2, -0.15) is 33.1 Å². The van der Waals surface area contributed by atoms with Crippen LogP contribution in [0.25, 0.3) is 28.2 Å². The number of carbonyl (C=O) groups excluding carboxylic acids is 1. The van der Waals surface area contributed by atoms with Crippen molar-refractivity contribution in [2.45, 2.75) is 13.1 Å². The van der Waals surface area contributed by atoms with Crippen LogP contribution in [0.3, 0.4) is 0 Å². The summed E-state index contributed by atoms with van der Waals surface area (Å²) in [5.74, 6) is 0.106. The molecule has 4 aromatic heterocycles. The zero-order valence-electron chi connectivity index (χ0n) is 19.1. The second-order valence-corrected chi connectivity index (χ2v) is 8.09. The van der Waals surface area contributed by atoms with E-state index < -0.39 is 17.6 Å². The van der Waals surface area contributed by atoms with Gasteiger partial charge in [-0.1, -0.05) is 6.07 Å². The number of anilines is 1. The highest BCUT2D eigenvalue weighted by atomic mass is 19.4. The van der Waals surface area contributed by atoms with Crippen molar-refractivity contribution in [1.29, 1.82) is 0 Å². The molecule has 0 atom stereocenters. The highest BCUT2D eigenvalue weighted by molar-refractivity contribution is 6.05. The van der Waals surface area contributed by atoms with Gasteiger partial charge < -0.3 is 5.32 Å². The molecule has 0 aliphatic heterocycles. The number of aromatic nitrogens is 7. The Hall–Kier alpha value is -4.74. The molecule has 5 aromatic rings. The van der Waals surface area contributed by atoms with E-state index in [4.69, 9.17) is 0 Å². The molecule has 9 nitrogen and oxygen atoms in total. The average molecular weight is 492 g/mol. The Balaban J connectivity index is 1.54. The summed E-state index contributed by atoms with van der Waals surface area (Å²) < 4.78 is 44.1. The van der Waals surface area contributed by atoms with Gasteiger partial charge in [0.05, 0.1) is 17.5 Å². The molecule has 0 radical (unpaired) electrons. The van der Waals surface area contributed by atoms with Crippen LogP contribution in [0.4, 0.5) is 19.0 Å². The zero-order valence-corrected chi connectivity index (χ0v) is 19.1. The summed E-state index contributed by atoms with van der Waals surface area (Å²) in [6, 6.07) is 9.67. The number of hydrogen-bond acceptors (Lipinski definition) is 5. The molecule has 5 rings (SSSR count). The van der Waals surface area contributed by atoms with Crippen molar-refractivity contribution in [2.24, 2.45) is 7.05 Å². The summed E-state index contributed by atoms with van der Waals surface area (Å²) in [6.07, 6.45) is 1.58. The van der Waals surface area contributed by atoms with Crippen molar-refractivity contribution in [3.05, 3.63) is 84.1 Å². The highest BCUT2D eigenvalue weighted by Crippen LogP contribution is 2.37. The Morgan fingerprint density at radius 3 is 2.56 bits per heavy atom. The Kier molecular flexibility index (Phi) is 5.63. The standard InChI is InChI=1S/C24H19F3N8O/c1-14-8-22(32-31-14)35-21(10-20(33-35)17-12-29-34(2)13-17)30-23(36)15-5-6-19(24(25,26)27)18(9-15)16-4-3-7-28-11-16/h3-13H,1-2H3,(H,30,36)(H,31,32). The van der Waals surface area contributed by atoms with Crippen molar-refractivity contribution in [1.82, 2.24) is 34.7 Å². The minimum atomic E-state index is -4.60. The van der Waals surface area contributed by atoms with Gasteiger partial charge in [-0.25, -0.2) is 0 Å². The summed E-state index contributed by atoms with van der Waals surface area (Å²) >= 11 is 0. The number of aromatic amines is 1. The number of carbonyl (C=O) groups is 1. The molecule has 0 aliphatic carbocycles. The van der Waals surface area contributed by atoms with Crippen molar-refractivity contribution in [2.75, 3.05) is 5.32 Å². The Bertz CT molecular complexity index is 1550. The van der Waals surface area contributed by atoms with E-state index >= 15 is 0 Å². The monoisotopic (exact) mass is 492 g/mol. The largest absolute Gasteiger partial charge is 0.417 e. The Morgan fingerprint density at radius 1 is 1.08 bits per heavy atom. The van der Waals surface area contributed by atoms with Gasteiger partial charge in [0.2, 0.25) is 0 Å². The third-order valence-corrected chi connectivity index (χ3v) is 5.42. The van der Waals surface area contributed by atoms with Crippen molar-refractivity contribution in [3.63, 3.8) is 0 Å². The second-order valence-electron chi connectivity index (χ2n) is 8.09. The van der Waals surface area contributed by atoms with Crippen LogP contribution >= 0.6 is 0 Å². The number of alkyl halides is 3. The van der Waals surface area contributed by atoms with E-state index in [1.165, 1.54) is 35.3 Å².